The van der Waals surface area contributed by atoms with E-state index in [1.165, 1.54) is 16.7 Å². The fourth-order valence-electron chi connectivity index (χ4n) is 3.50. The van der Waals surface area contributed by atoms with Crippen molar-refractivity contribution in [2.24, 2.45) is 7.05 Å². The summed E-state index contributed by atoms with van der Waals surface area (Å²) in [6.07, 6.45) is 2.22. The van der Waals surface area contributed by atoms with Gasteiger partial charge >= 0.3 is 0 Å². The van der Waals surface area contributed by atoms with Crippen molar-refractivity contribution in [3.63, 3.8) is 0 Å². The maximum Gasteiger partial charge on any atom is 0.271 e. The monoisotopic (exact) mass is 327 g/mol. The summed E-state index contributed by atoms with van der Waals surface area (Å²) in [6, 6.07) is 6.19. The number of amides is 1. The number of ether oxygens (including phenoxy) is 1. The van der Waals surface area contributed by atoms with E-state index >= 15 is 0 Å². The van der Waals surface area contributed by atoms with Crippen molar-refractivity contribution < 1.29 is 9.53 Å². The highest BCUT2D eigenvalue weighted by Crippen LogP contribution is 2.28. The third-order valence-electron chi connectivity index (χ3n) is 4.56. The molecule has 1 aliphatic heterocycles. The lowest BCUT2D eigenvalue weighted by Gasteiger charge is -2.11. The van der Waals surface area contributed by atoms with Crippen molar-refractivity contribution in [2.45, 2.75) is 39.7 Å². The van der Waals surface area contributed by atoms with E-state index in [9.17, 15) is 4.79 Å². The van der Waals surface area contributed by atoms with Crippen molar-refractivity contribution >= 4 is 5.91 Å². The van der Waals surface area contributed by atoms with Gasteiger partial charge in [0.25, 0.3) is 5.91 Å². The van der Waals surface area contributed by atoms with Gasteiger partial charge < -0.3 is 10.1 Å². The van der Waals surface area contributed by atoms with Gasteiger partial charge in [-0.05, 0) is 50.8 Å². The van der Waals surface area contributed by atoms with Crippen LogP contribution >= 0.6 is 0 Å². The Morgan fingerprint density at radius 2 is 2.00 bits per heavy atom. The van der Waals surface area contributed by atoms with Crippen LogP contribution in [0.2, 0.25) is 0 Å². The molecule has 1 aliphatic rings. The molecular weight excluding hydrogens is 302 g/mol. The number of benzene rings is 1. The van der Waals surface area contributed by atoms with Crippen LogP contribution in [-0.4, -0.2) is 34.9 Å². The highest BCUT2D eigenvalue weighted by atomic mass is 16.5. The molecule has 1 N–H and O–H groups in total. The summed E-state index contributed by atoms with van der Waals surface area (Å²) in [6.45, 7) is 7.63. The molecule has 0 aliphatic carbocycles. The number of carbonyl (C=O) groups excluding carboxylic acids is 1. The van der Waals surface area contributed by atoms with Crippen LogP contribution < -0.4 is 5.32 Å². The van der Waals surface area contributed by atoms with Crippen molar-refractivity contribution in [1.29, 1.82) is 0 Å². The molecule has 5 heteroatoms. The number of hydrogen-bond donors (Lipinski definition) is 1. The Balaban J connectivity index is 1.81. The summed E-state index contributed by atoms with van der Waals surface area (Å²) >= 11 is 0. The second-order valence-corrected chi connectivity index (χ2v) is 6.66. The molecule has 0 radical (unpaired) electrons. The van der Waals surface area contributed by atoms with Gasteiger partial charge in [0, 0.05) is 25.8 Å². The van der Waals surface area contributed by atoms with Crippen LogP contribution in [0.15, 0.2) is 18.2 Å². The van der Waals surface area contributed by atoms with Crippen molar-refractivity contribution in [2.75, 3.05) is 13.2 Å². The summed E-state index contributed by atoms with van der Waals surface area (Å²) in [5, 5.41) is 7.33. The van der Waals surface area contributed by atoms with E-state index in [0.717, 1.165) is 30.7 Å². The van der Waals surface area contributed by atoms with Gasteiger partial charge in [-0.25, -0.2) is 0 Å². The fourth-order valence-corrected chi connectivity index (χ4v) is 3.50. The lowest BCUT2D eigenvalue weighted by molar-refractivity contribution is 0.0853. The molecule has 1 unspecified atom stereocenters. The Morgan fingerprint density at radius 1 is 1.29 bits per heavy atom. The lowest BCUT2D eigenvalue weighted by Crippen LogP contribution is -2.32. The van der Waals surface area contributed by atoms with E-state index in [0.29, 0.717) is 12.2 Å². The van der Waals surface area contributed by atoms with Gasteiger partial charge in [-0.2, -0.15) is 5.10 Å². The molecule has 2 aromatic rings. The quantitative estimate of drug-likeness (QED) is 0.939. The summed E-state index contributed by atoms with van der Waals surface area (Å²) in [7, 11) is 1.88. The Bertz CT molecular complexity index is 735. The van der Waals surface area contributed by atoms with Gasteiger partial charge in [-0.3, -0.25) is 9.48 Å². The molecule has 1 amide bonds. The topological polar surface area (TPSA) is 56.1 Å². The van der Waals surface area contributed by atoms with Gasteiger partial charge in [-0.15, -0.1) is 0 Å². The molecule has 1 atom stereocenters. The van der Waals surface area contributed by atoms with Crippen LogP contribution in [0.1, 0.15) is 40.0 Å². The first-order valence-electron chi connectivity index (χ1n) is 8.48. The Morgan fingerprint density at radius 3 is 2.62 bits per heavy atom. The SMILES string of the molecule is Cc1cc(C)c(-c2cc(C(=O)NCC3CCCO3)nn2C)c(C)c1. The lowest BCUT2D eigenvalue weighted by atomic mass is 9.97. The van der Waals surface area contributed by atoms with E-state index < -0.39 is 0 Å². The summed E-state index contributed by atoms with van der Waals surface area (Å²) in [5.41, 5.74) is 6.19. The normalized spacial score (nSPS) is 17.2. The average molecular weight is 327 g/mol. The minimum absolute atomic E-state index is 0.138. The number of hydrogen-bond acceptors (Lipinski definition) is 3. The molecule has 0 spiro atoms. The minimum Gasteiger partial charge on any atom is -0.376 e. The second-order valence-electron chi connectivity index (χ2n) is 6.66. The predicted molar refractivity (Wildman–Crippen MR) is 94.2 cm³/mol. The van der Waals surface area contributed by atoms with E-state index in [-0.39, 0.29) is 12.0 Å². The highest BCUT2D eigenvalue weighted by Gasteiger charge is 2.19. The predicted octanol–water partition coefficient (Wildman–Crippen LogP) is 2.92. The van der Waals surface area contributed by atoms with Crippen molar-refractivity contribution in [3.8, 4) is 11.3 Å². The third-order valence-corrected chi connectivity index (χ3v) is 4.56. The smallest absolute Gasteiger partial charge is 0.271 e. The molecule has 1 fully saturated rings. The highest BCUT2D eigenvalue weighted by molar-refractivity contribution is 5.93. The van der Waals surface area contributed by atoms with Crippen LogP contribution in [-0.2, 0) is 11.8 Å². The molecule has 1 saturated heterocycles. The molecule has 0 bridgehead atoms. The molecule has 24 heavy (non-hydrogen) atoms. The zero-order valence-electron chi connectivity index (χ0n) is 14.8. The third kappa shape index (κ3) is 3.36. The number of nitrogens with zero attached hydrogens (tertiary/aromatic N) is 2. The van der Waals surface area contributed by atoms with Crippen molar-refractivity contribution in [3.05, 3.63) is 40.6 Å². The molecule has 128 valence electrons. The zero-order valence-corrected chi connectivity index (χ0v) is 14.8. The first-order chi connectivity index (χ1) is 11.5. The van der Waals surface area contributed by atoms with E-state index in [1.54, 1.807) is 4.68 Å². The molecule has 5 nitrogen and oxygen atoms in total. The van der Waals surface area contributed by atoms with Crippen LogP contribution in [0.25, 0.3) is 11.3 Å². The van der Waals surface area contributed by atoms with Gasteiger partial charge in [0.1, 0.15) is 0 Å². The Kier molecular flexibility index (Phi) is 4.71. The average Bonchev–Trinajstić information content (AvgIpc) is 3.14. The van der Waals surface area contributed by atoms with Gasteiger partial charge in [0.15, 0.2) is 5.69 Å². The summed E-state index contributed by atoms with van der Waals surface area (Å²) in [4.78, 5) is 12.4. The molecule has 3 rings (SSSR count). The number of carbonyl (C=O) groups is 1. The first kappa shape index (κ1) is 16.7. The fraction of sp³-hybridized carbons (Fsp3) is 0.474. The van der Waals surface area contributed by atoms with Crippen molar-refractivity contribution in [1.82, 2.24) is 15.1 Å². The largest absolute Gasteiger partial charge is 0.376 e. The minimum atomic E-state index is -0.144. The maximum absolute atomic E-state index is 12.4. The Hall–Kier alpha value is -2.14. The van der Waals surface area contributed by atoms with Gasteiger partial charge in [0.05, 0.1) is 11.8 Å². The number of aryl methyl sites for hydroxylation is 4. The van der Waals surface area contributed by atoms with Crippen LogP contribution in [0.4, 0.5) is 0 Å². The molecule has 2 heterocycles. The molecule has 1 aromatic carbocycles. The van der Waals surface area contributed by atoms with Crippen LogP contribution in [0.3, 0.4) is 0 Å². The first-order valence-corrected chi connectivity index (χ1v) is 8.48. The molecule has 1 aromatic heterocycles. The maximum atomic E-state index is 12.4. The Labute approximate surface area is 143 Å². The van der Waals surface area contributed by atoms with E-state index in [4.69, 9.17) is 4.74 Å². The summed E-state index contributed by atoms with van der Waals surface area (Å²) < 4.78 is 7.32. The molecular formula is C19H25N3O2. The molecule has 0 saturated carbocycles. The van der Waals surface area contributed by atoms with Gasteiger partial charge in [-0.1, -0.05) is 17.7 Å². The second kappa shape index (κ2) is 6.77. The van der Waals surface area contributed by atoms with E-state index in [2.05, 4.69) is 43.3 Å². The van der Waals surface area contributed by atoms with Crippen LogP contribution in [0, 0.1) is 20.8 Å². The number of nitrogens with one attached hydrogen (secondary N) is 1. The summed E-state index contributed by atoms with van der Waals surface area (Å²) in [5.74, 6) is -0.144. The number of rotatable bonds is 4. The standard InChI is InChI=1S/C19H25N3O2/c1-12-8-13(2)18(14(3)9-12)17-10-16(21-22(17)4)19(23)20-11-15-6-5-7-24-15/h8-10,15H,5-7,11H2,1-4H3,(H,20,23). The van der Waals surface area contributed by atoms with E-state index in [1.807, 2.05) is 13.1 Å². The van der Waals surface area contributed by atoms with Gasteiger partial charge in [0.2, 0.25) is 0 Å². The van der Waals surface area contributed by atoms with Crippen LogP contribution in [0.5, 0.6) is 0 Å². The number of aromatic nitrogens is 2. The zero-order chi connectivity index (χ0) is 17.3.